The van der Waals surface area contributed by atoms with Crippen LogP contribution in [0.4, 0.5) is 0 Å². The summed E-state index contributed by atoms with van der Waals surface area (Å²) in [4.78, 5) is 13.2. The van der Waals surface area contributed by atoms with E-state index < -0.39 is 5.25 Å². The topological polar surface area (TPSA) is 72.8 Å². The Morgan fingerprint density at radius 1 is 1.28 bits per heavy atom. The first-order chi connectivity index (χ1) is 14.0. The molecule has 2 aromatic heterocycles. The van der Waals surface area contributed by atoms with E-state index in [4.69, 9.17) is 16.0 Å². The standard InChI is InChI=1S/C21H18ClN3O3S/c1-14(29-20-6-2-3-11-24(20)27)21(26)25-18(19-5-4-12-28-19)13-17(23-25)15-7-9-16(22)10-8-15/h2-12,14,18H,13H2,1H3. The Kier molecular flexibility index (Phi) is 5.60. The zero-order chi connectivity index (χ0) is 20.4. The SMILES string of the molecule is CC(Sc1cccc[n+]1[O-])C(=O)N1N=C(c2ccc(Cl)cc2)CC1c1ccco1. The third-order valence-electron chi connectivity index (χ3n) is 4.62. The van der Waals surface area contributed by atoms with Crippen LogP contribution in [0.1, 0.15) is 30.7 Å². The molecule has 1 aliphatic rings. The van der Waals surface area contributed by atoms with Gasteiger partial charge >= 0.3 is 0 Å². The van der Waals surface area contributed by atoms with E-state index in [-0.39, 0.29) is 11.9 Å². The maximum Gasteiger partial charge on any atom is 0.256 e. The molecule has 0 radical (unpaired) electrons. The molecule has 148 valence electrons. The van der Waals surface area contributed by atoms with E-state index in [1.807, 2.05) is 18.2 Å². The number of carbonyl (C=O) groups is 1. The van der Waals surface area contributed by atoms with Gasteiger partial charge < -0.3 is 9.62 Å². The summed E-state index contributed by atoms with van der Waals surface area (Å²) in [6, 6.07) is 15.8. The number of nitrogens with zero attached hydrogens (tertiary/aromatic N) is 3. The Hall–Kier alpha value is -2.77. The average molecular weight is 428 g/mol. The van der Waals surface area contributed by atoms with Crippen LogP contribution in [0.15, 0.2) is 81.6 Å². The molecule has 0 spiro atoms. The molecule has 0 saturated carbocycles. The van der Waals surface area contributed by atoms with Gasteiger partial charge in [-0.1, -0.05) is 23.7 Å². The summed E-state index contributed by atoms with van der Waals surface area (Å²) in [6.07, 6.45) is 3.53. The first-order valence-electron chi connectivity index (χ1n) is 9.07. The molecule has 8 heteroatoms. The largest absolute Gasteiger partial charge is 0.618 e. The van der Waals surface area contributed by atoms with Gasteiger partial charge in [-0.05, 0) is 54.6 Å². The van der Waals surface area contributed by atoms with Crippen LogP contribution >= 0.6 is 23.4 Å². The average Bonchev–Trinajstić information content (AvgIpc) is 3.39. The number of amides is 1. The molecule has 3 aromatic rings. The highest BCUT2D eigenvalue weighted by molar-refractivity contribution is 8.00. The van der Waals surface area contributed by atoms with E-state index in [1.165, 1.54) is 23.0 Å². The summed E-state index contributed by atoms with van der Waals surface area (Å²) in [5.41, 5.74) is 1.69. The second-order valence-corrected chi connectivity index (χ2v) is 8.39. The summed E-state index contributed by atoms with van der Waals surface area (Å²) in [5, 5.41) is 18.6. The highest BCUT2D eigenvalue weighted by Crippen LogP contribution is 2.35. The summed E-state index contributed by atoms with van der Waals surface area (Å²) >= 11 is 7.19. The number of thioether (sulfide) groups is 1. The second kappa shape index (κ2) is 8.31. The molecule has 4 rings (SSSR count). The fourth-order valence-electron chi connectivity index (χ4n) is 3.15. The molecule has 6 nitrogen and oxygen atoms in total. The van der Waals surface area contributed by atoms with E-state index in [1.54, 1.807) is 49.6 Å². The van der Waals surface area contributed by atoms with Gasteiger partial charge in [0, 0.05) is 23.6 Å². The van der Waals surface area contributed by atoms with Gasteiger partial charge in [0.1, 0.15) is 11.8 Å². The normalized spacial score (nSPS) is 17.2. The van der Waals surface area contributed by atoms with Crippen molar-refractivity contribution in [2.24, 2.45) is 5.10 Å². The summed E-state index contributed by atoms with van der Waals surface area (Å²) in [5.74, 6) is 0.478. The van der Waals surface area contributed by atoms with Gasteiger partial charge in [-0.25, -0.2) is 5.01 Å². The monoisotopic (exact) mass is 427 g/mol. The maximum atomic E-state index is 13.2. The van der Waals surface area contributed by atoms with Gasteiger partial charge in [0.25, 0.3) is 10.9 Å². The molecule has 0 saturated heterocycles. The van der Waals surface area contributed by atoms with E-state index in [2.05, 4.69) is 5.10 Å². The van der Waals surface area contributed by atoms with Crippen LogP contribution in [0.25, 0.3) is 0 Å². The van der Waals surface area contributed by atoms with Crippen LogP contribution in [-0.4, -0.2) is 21.9 Å². The molecule has 0 fully saturated rings. The number of furan rings is 1. The van der Waals surface area contributed by atoms with E-state index >= 15 is 0 Å². The lowest BCUT2D eigenvalue weighted by atomic mass is 10.0. The Bertz CT molecular complexity index is 1040. The van der Waals surface area contributed by atoms with Crippen molar-refractivity contribution >= 4 is 35.0 Å². The molecule has 0 N–H and O–H groups in total. The molecule has 1 amide bonds. The number of benzene rings is 1. The number of aromatic nitrogens is 1. The minimum absolute atomic E-state index is 0.191. The number of hydrogen-bond acceptors (Lipinski definition) is 5. The summed E-state index contributed by atoms with van der Waals surface area (Å²) < 4.78 is 6.32. The fraction of sp³-hybridized carbons (Fsp3) is 0.190. The van der Waals surface area contributed by atoms with Gasteiger partial charge in [0.15, 0.2) is 6.20 Å². The number of pyridine rings is 1. The smallest absolute Gasteiger partial charge is 0.256 e. The molecular weight excluding hydrogens is 410 g/mol. The predicted molar refractivity (Wildman–Crippen MR) is 112 cm³/mol. The van der Waals surface area contributed by atoms with Crippen LogP contribution in [0.3, 0.4) is 0 Å². The first-order valence-corrected chi connectivity index (χ1v) is 10.3. The number of rotatable bonds is 5. The minimum atomic E-state index is -0.497. The van der Waals surface area contributed by atoms with Crippen molar-refractivity contribution in [1.29, 1.82) is 0 Å². The highest BCUT2D eigenvalue weighted by Gasteiger charge is 2.37. The summed E-state index contributed by atoms with van der Waals surface area (Å²) in [6.45, 7) is 1.77. The van der Waals surface area contributed by atoms with Crippen LogP contribution in [-0.2, 0) is 4.79 Å². The van der Waals surface area contributed by atoms with Crippen molar-refractivity contribution in [1.82, 2.24) is 5.01 Å². The number of carbonyl (C=O) groups excluding carboxylic acids is 1. The fourth-order valence-corrected chi connectivity index (χ4v) is 4.17. The first kappa shape index (κ1) is 19.5. The van der Waals surface area contributed by atoms with E-state index in [9.17, 15) is 10.0 Å². The second-order valence-electron chi connectivity index (χ2n) is 6.60. The minimum Gasteiger partial charge on any atom is -0.618 e. The van der Waals surface area contributed by atoms with Crippen molar-refractivity contribution in [3.63, 3.8) is 0 Å². The van der Waals surface area contributed by atoms with Gasteiger partial charge in [0.2, 0.25) is 0 Å². The Balaban J connectivity index is 1.61. The van der Waals surface area contributed by atoms with Crippen LogP contribution in [0.5, 0.6) is 0 Å². The van der Waals surface area contributed by atoms with Crippen molar-refractivity contribution in [3.05, 3.63) is 88.6 Å². The predicted octanol–water partition coefficient (Wildman–Crippen LogP) is 4.42. The molecule has 2 atom stereocenters. The highest BCUT2D eigenvalue weighted by atomic mass is 35.5. The van der Waals surface area contributed by atoms with Gasteiger partial charge in [-0.2, -0.15) is 9.83 Å². The van der Waals surface area contributed by atoms with Crippen molar-refractivity contribution in [2.75, 3.05) is 0 Å². The lowest BCUT2D eigenvalue weighted by molar-refractivity contribution is -0.645. The maximum absolute atomic E-state index is 13.2. The quantitative estimate of drug-likeness (QED) is 0.343. The third kappa shape index (κ3) is 4.16. The number of hydrogen-bond donors (Lipinski definition) is 0. The molecule has 1 aromatic carbocycles. The lowest BCUT2D eigenvalue weighted by Gasteiger charge is -2.22. The zero-order valence-corrected chi connectivity index (χ0v) is 17.1. The van der Waals surface area contributed by atoms with E-state index in [0.717, 1.165) is 16.0 Å². The Morgan fingerprint density at radius 3 is 2.76 bits per heavy atom. The zero-order valence-electron chi connectivity index (χ0n) is 15.6. The molecule has 0 bridgehead atoms. The van der Waals surface area contributed by atoms with Crippen LogP contribution in [0.2, 0.25) is 5.02 Å². The van der Waals surface area contributed by atoms with Crippen molar-refractivity contribution in [3.8, 4) is 0 Å². The van der Waals surface area contributed by atoms with Gasteiger partial charge in [-0.3, -0.25) is 4.79 Å². The van der Waals surface area contributed by atoms with E-state index in [0.29, 0.717) is 22.2 Å². The summed E-state index contributed by atoms with van der Waals surface area (Å²) in [7, 11) is 0. The number of halogens is 1. The Labute approximate surface area is 177 Å². The molecule has 1 aliphatic heterocycles. The van der Waals surface area contributed by atoms with Crippen LogP contribution < -0.4 is 4.73 Å². The molecule has 29 heavy (non-hydrogen) atoms. The third-order valence-corrected chi connectivity index (χ3v) is 5.98. The molecule has 2 unspecified atom stereocenters. The lowest BCUT2D eigenvalue weighted by Crippen LogP contribution is -2.35. The Morgan fingerprint density at radius 2 is 2.07 bits per heavy atom. The van der Waals surface area contributed by atoms with Gasteiger partial charge in [0.05, 0.1) is 17.2 Å². The molecular formula is C21H18ClN3O3S. The van der Waals surface area contributed by atoms with Crippen LogP contribution in [0, 0.1) is 5.21 Å². The number of hydrazone groups is 1. The van der Waals surface area contributed by atoms with Gasteiger partial charge in [-0.15, -0.1) is 0 Å². The van der Waals surface area contributed by atoms with Crippen molar-refractivity contribution < 1.29 is 13.9 Å². The molecule has 0 aliphatic carbocycles. The molecule has 3 heterocycles. The van der Waals surface area contributed by atoms with Crippen molar-refractivity contribution in [2.45, 2.75) is 29.7 Å².